The number of hydrogen-bond donors (Lipinski definition) is 1. The van der Waals surface area contributed by atoms with Crippen molar-refractivity contribution in [1.82, 2.24) is 10.2 Å². The lowest BCUT2D eigenvalue weighted by Crippen LogP contribution is -2.50. The lowest BCUT2D eigenvalue weighted by Gasteiger charge is -2.44. The monoisotopic (exact) mass is 256 g/mol. The van der Waals surface area contributed by atoms with Crippen LogP contribution in [0.4, 0.5) is 0 Å². The number of thioether (sulfide) groups is 1. The molecule has 0 unspecified atom stereocenters. The standard InChI is InChI=1S/C13H24N2OS/c1-14-8-5-12(16)15-9-10-17-13(11-15)6-3-2-4-7-13/h14H,2-11H2,1H3. The Morgan fingerprint density at radius 1 is 1.35 bits per heavy atom. The van der Waals surface area contributed by atoms with E-state index in [0.29, 0.717) is 17.1 Å². The largest absolute Gasteiger partial charge is 0.340 e. The normalized spacial score (nSPS) is 23.9. The fraction of sp³-hybridized carbons (Fsp3) is 0.923. The molecule has 1 saturated carbocycles. The van der Waals surface area contributed by atoms with E-state index in [4.69, 9.17) is 0 Å². The molecule has 1 N–H and O–H groups in total. The molecule has 2 rings (SSSR count). The third-order valence-corrected chi connectivity index (χ3v) is 5.49. The summed E-state index contributed by atoms with van der Waals surface area (Å²) < 4.78 is 0.409. The van der Waals surface area contributed by atoms with Gasteiger partial charge in [-0.05, 0) is 19.9 Å². The highest BCUT2D eigenvalue weighted by Gasteiger charge is 2.38. The van der Waals surface area contributed by atoms with Crippen LogP contribution in [0.2, 0.25) is 0 Å². The van der Waals surface area contributed by atoms with Crippen molar-refractivity contribution in [3.8, 4) is 0 Å². The van der Waals surface area contributed by atoms with Crippen LogP contribution in [0.3, 0.4) is 0 Å². The van der Waals surface area contributed by atoms with Gasteiger partial charge in [0.1, 0.15) is 0 Å². The SMILES string of the molecule is CNCCC(=O)N1CCSC2(CCCCC2)C1. The molecule has 0 aromatic carbocycles. The number of hydrogen-bond acceptors (Lipinski definition) is 3. The second kappa shape index (κ2) is 6.10. The van der Waals surface area contributed by atoms with Crippen LogP contribution in [0.15, 0.2) is 0 Å². The molecule has 3 nitrogen and oxygen atoms in total. The first-order chi connectivity index (χ1) is 8.26. The summed E-state index contributed by atoms with van der Waals surface area (Å²) in [6.45, 7) is 2.75. The summed E-state index contributed by atoms with van der Waals surface area (Å²) in [7, 11) is 1.90. The maximum Gasteiger partial charge on any atom is 0.223 e. The quantitative estimate of drug-likeness (QED) is 0.837. The highest BCUT2D eigenvalue weighted by atomic mass is 32.2. The van der Waals surface area contributed by atoms with Crippen molar-refractivity contribution in [2.75, 3.05) is 32.4 Å². The predicted octanol–water partition coefficient (Wildman–Crippen LogP) is 1.87. The lowest BCUT2D eigenvalue weighted by molar-refractivity contribution is -0.131. The van der Waals surface area contributed by atoms with Crippen molar-refractivity contribution in [3.05, 3.63) is 0 Å². The van der Waals surface area contributed by atoms with Crippen molar-refractivity contribution < 1.29 is 4.79 Å². The van der Waals surface area contributed by atoms with Gasteiger partial charge in [-0.3, -0.25) is 4.79 Å². The smallest absolute Gasteiger partial charge is 0.223 e. The molecular weight excluding hydrogens is 232 g/mol. The number of nitrogens with zero attached hydrogens (tertiary/aromatic N) is 1. The van der Waals surface area contributed by atoms with Crippen LogP contribution in [0.5, 0.6) is 0 Å². The molecule has 1 aliphatic heterocycles. The molecular formula is C13H24N2OS. The zero-order chi connectivity index (χ0) is 12.1. The van der Waals surface area contributed by atoms with Crippen LogP contribution in [0.25, 0.3) is 0 Å². The second-order valence-electron chi connectivity index (χ2n) is 5.26. The molecule has 0 radical (unpaired) electrons. The van der Waals surface area contributed by atoms with E-state index in [9.17, 15) is 4.79 Å². The second-order valence-corrected chi connectivity index (χ2v) is 6.82. The molecule has 0 atom stereocenters. The minimum atomic E-state index is 0.338. The van der Waals surface area contributed by atoms with Gasteiger partial charge in [-0.2, -0.15) is 11.8 Å². The number of carbonyl (C=O) groups excluding carboxylic acids is 1. The maximum absolute atomic E-state index is 12.1. The Bertz CT molecular complexity index is 259. The van der Waals surface area contributed by atoms with Gasteiger partial charge in [0, 0.05) is 36.6 Å². The van der Waals surface area contributed by atoms with Gasteiger partial charge < -0.3 is 10.2 Å². The van der Waals surface area contributed by atoms with Gasteiger partial charge in [0.25, 0.3) is 0 Å². The minimum absolute atomic E-state index is 0.338. The maximum atomic E-state index is 12.1. The van der Waals surface area contributed by atoms with Crippen molar-refractivity contribution in [2.24, 2.45) is 0 Å². The highest BCUT2D eigenvalue weighted by Crippen LogP contribution is 2.42. The van der Waals surface area contributed by atoms with E-state index in [2.05, 4.69) is 22.0 Å². The fourth-order valence-electron chi connectivity index (χ4n) is 2.95. The zero-order valence-corrected chi connectivity index (χ0v) is 11.7. The molecule has 98 valence electrons. The Kier molecular flexibility index (Phi) is 4.74. The van der Waals surface area contributed by atoms with Crippen molar-refractivity contribution in [1.29, 1.82) is 0 Å². The Balaban J connectivity index is 1.89. The summed E-state index contributed by atoms with van der Waals surface area (Å²) in [5.41, 5.74) is 0. The van der Waals surface area contributed by atoms with Crippen LogP contribution in [0, 0.1) is 0 Å². The molecule has 17 heavy (non-hydrogen) atoms. The Labute approximate surface area is 109 Å². The first-order valence-electron chi connectivity index (χ1n) is 6.82. The summed E-state index contributed by atoms with van der Waals surface area (Å²) in [6.07, 6.45) is 7.37. The van der Waals surface area contributed by atoms with Gasteiger partial charge in [0.05, 0.1) is 0 Å². The third kappa shape index (κ3) is 3.38. The Morgan fingerprint density at radius 3 is 2.82 bits per heavy atom. The third-order valence-electron chi connectivity index (χ3n) is 3.95. The van der Waals surface area contributed by atoms with Crippen LogP contribution >= 0.6 is 11.8 Å². The van der Waals surface area contributed by atoms with Crippen molar-refractivity contribution in [2.45, 2.75) is 43.3 Å². The Morgan fingerprint density at radius 2 is 2.12 bits per heavy atom. The summed E-state index contributed by atoms with van der Waals surface area (Å²) >= 11 is 2.12. The van der Waals surface area contributed by atoms with Gasteiger partial charge >= 0.3 is 0 Å². The van der Waals surface area contributed by atoms with E-state index < -0.39 is 0 Å². The molecule has 0 aromatic rings. The first-order valence-corrected chi connectivity index (χ1v) is 7.81. The van der Waals surface area contributed by atoms with E-state index in [0.717, 1.165) is 25.4 Å². The Hall–Kier alpha value is -0.220. The van der Waals surface area contributed by atoms with Crippen LogP contribution < -0.4 is 5.32 Å². The molecule has 2 aliphatic rings. The van der Waals surface area contributed by atoms with Gasteiger partial charge in [0.15, 0.2) is 0 Å². The molecule has 4 heteroatoms. The fourth-order valence-corrected chi connectivity index (χ4v) is 4.52. The molecule has 1 heterocycles. The number of carbonyl (C=O) groups is 1. The summed E-state index contributed by atoms with van der Waals surface area (Å²) in [4.78, 5) is 14.2. The topological polar surface area (TPSA) is 32.3 Å². The van der Waals surface area contributed by atoms with Gasteiger partial charge in [-0.1, -0.05) is 19.3 Å². The minimum Gasteiger partial charge on any atom is -0.340 e. The van der Waals surface area contributed by atoms with E-state index in [1.165, 1.54) is 32.1 Å². The molecule has 0 aromatic heterocycles. The summed E-state index contributed by atoms with van der Waals surface area (Å²) in [6, 6.07) is 0. The van der Waals surface area contributed by atoms with E-state index >= 15 is 0 Å². The molecule has 1 aliphatic carbocycles. The summed E-state index contributed by atoms with van der Waals surface area (Å²) in [5, 5.41) is 3.06. The zero-order valence-electron chi connectivity index (χ0n) is 10.8. The number of nitrogens with one attached hydrogen (secondary N) is 1. The summed E-state index contributed by atoms with van der Waals surface area (Å²) in [5.74, 6) is 1.47. The van der Waals surface area contributed by atoms with Gasteiger partial charge in [-0.25, -0.2) is 0 Å². The van der Waals surface area contributed by atoms with Crippen LogP contribution in [-0.4, -0.2) is 48.0 Å². The highest BCUT2D eigenvalue weighted by molar-refractivity contribution is 8.00. The predicted molar refractivity (Wildman–Crippen MR) is 73.4 cm³/mol. The number of rotatable bonds is 3. The average molecular weight is 256 g/mol. The van der Waals surface area contributed by atoms with Gasteiger partial charge in [0.2, 0.25) is 5.91 Å². The van der Waals surface area contributed by atoms with Crippen LogP contribution in [-0.2, 0) is 4.79 Å². The van der Waals surface area contributed by atoms with Crippen molar-refractivity contribution >= 4 is 17.7 Å². The van der Waals surface area contributed by atoms with Gasteiger partial charge in [-0.15, -0.1) is 0 Å². The van der Waals surface area contributed by atoms with E-state index in [1.807, 2.05) is 7.05 Å². The van der Waals surface area contributed by atoms with Crippen molar-refractivity contribution in [3.63, 3.8) is 0 Å². The first kappa shape index (κ1) is 13.2. The lowest BCUT2D eigenvalue weighted by atomic mass is 9.87. The molecule has 0 bridgehead atoms. The molecule has 1 spiro atoms. The van der Waals surface area contributed by atoms with E-state index in [1.54, 1.807) is 0 Å². The van der Waals surface area contributed by atoms with Crippen LogP contribution in [0.1, 0.15) is 38.5 Å². The molecule has 2 fully saturated rings. The van der Waals surface area contributed by atoms with E-state index in [-0.39, 0.29) is 0 Å². The average Bonchev–Trinajstić information content (AvgIpc) is 2.37. The molecule has 1 amide bonds. The molecule has 1 saturated heterocycles. The number of amides is 1.